The van der Waals surface area contributed by atoms with Crippen molar-refractivity contribution in [2.24, 2.45) is 0 Å². The fraction of sp³-hybridized carbons (Fsp3) is 0.235. The van der Waals surface area contributed by atoms with E-state index in [9.17, 15) is 13.2 Å². The van der Waals surface area contributed by atoms with E-state index in [4.69, 9.17) is 4.74 Å². The van der Waals surface area contributed by atoms with Gasteiger partial charge in [-0.1, -0.05) is 22.0 Å². The Morgan fingerprint density at radius 2 is 1.96 bits per heavy atom. The van der Waals surface area contributed by atoms with Crippen molar-refractivity contribution >= 4 is 43.0 Å². The summed E-state index contributed by atoms with van der Waals surface area (Å²) in [7, 11) is -2.06. The maximum absolute atomic E-state index is 12.1. The normalized spacial score (nSPS) is 11.0. The number of hydrogen-bond donors (Lipinski definition) is 2. The van der Waals surface area contributed by atoms with Crippen LogP contribution in [0, 0.1) is 6.92 Å². The van der Waals surface area contributed by atoms with Gasteiger partial charge >= 0.3 is 0 Å². The molecule has 0 aliphatic heterocycles. The molecule has 8 heteroatoms. The summed E-state index contributed by atoms with van der Waals surface area (Å²) >= 11 is 3.34. The van der Waals surface area contributed by atoms with Gasteiger partial charge in [0.05, 0.1) is 19.3 Å². The van der Waals surface area contributed by atoms with E-state index in [1.165, 1.54) is 7.11 Å². The summed E-state index contributed by atoms with van der Waals surface area (Å²) in [5, 5.41) is 5.70. The van der Waals surface area contributed by atoms with Crippen LogP contribution in [0.2, 0.25) is 0 Å². The first kappa shape index (κ1) is 19.3. The number of methoxy groups -OCH3 is 1. The molecule has 0 aliphatic carbocycles. The lowest BCUT2D eigenvalue weighted by atomic mass is 10.2. The van der Waals surface area contributed by atoms with Crippen LogP contribution in [0.15, 0.2) is 45.8 Å². The standard InChI is InChI=1S/C17H19BrN2O4S/c1-11-7-14(17(24-2)15(8-11)25(3,22)23)19-10-16(21)20-13-6-4-5-12(18)9-13/h4-9,19H,10H2,1-3H3,(H,20,21). The van der Waals surface area contributed by atoms with Gasteiger partial charge in [0.25, 0.3) is 0 Å². The van der Waals surface area contributed by atoms with Crippen LogP contribution in [0.1, 0.15) is 5.56 Å². The van der Waals surface area contributed by atoms with Crippen molar-refractivity contribution in [2.45, 2.75) is 11.8 Å². The second-order valence-electron chi connectivity index (χ2n) is 5.53. The monoisotopic (exact) mass is 426 g/mol. The number of carbonyl (C=O) groups is 1. The van der Waals surface area contributed by atoms with Gasteiger partial charge in [-0.25, -0.2) is 8.42 Å². The Morgan fingerprint density at radius 1 is 1.24 bits per heavy atom. The molecule has 2 rings (SSSR count). The van der Waals surface area contributed by atoms with Gasteiger partial charge in [-0.15, -0.1) is 0 Å². The number of benzene rings is 2. The predicted molar refractivity (Wildman–Crippen MR) is 102 cm³/mol. The van der Waals surface area contributed by atoms with Crippen molar-refractivity contribution in [1.82, 2.24) is 0 Å². The number of amides is 1. The van der Waals surface area contributed by atoms with Crippen LogP contribution in [-0.4, -0.2) is 34.2 Å². The van der Waals surface area contributed by atoms with Crippen LogP contribution in [0.25, 0.3) is 0 Å². The maximum atomic E-state index is 12.1. The molecule has 0 atom stereocenters. The van der Waals surface area contributed by atoms with Crippen molar-refractivity contribution in [1.29, 1.82) is 0 Å². The summed E-state index contributed by atoms with van der Waals surface area (Å²) in [6.07, 6.45) is 1.12. The van der Waals surface area contributed by atoms with Crippen LogP contribution in [0.4, 0.5) is 11.4 Å². The molecule has 134 valence electrons. The highest BCUT2D eigenvalue weighted by molar-refractivity contribution is 9.10. The first-order valence-corrected chi connectivity index (χ1v) is 10.1. The van der Waals surface area contributed by atoms with E-state index in [0.717, 1.165) is 16.3 Å². The Hall–Kier alpha value is -2.06. The number of rotatable bonds is 6. The Balaban J connectivity index is 2.17. The van der Waals surface area contributed by atoms with Gasteiger partial charge in [0.15, 0.2) is 15.6 Å². The lowest BCUT2D eigenvalue weighted by molar-refractivity contribution is -0.114. The van der Waals surface area contributed by atoms with Gasteiger partial charge in [0.2, 0.25) is 5.91 Å². The van der Waals surface area contributed by atoms with E-state index >= 15 is 0 Å². The summed E-state index contributed by atoms with van der Waals surface area (Å²) in [5.41, 5.74) is 1.86. The summed E-state index contributed by atoms with van der Waals surface area (Å²) in [6, 6.07) is 10.5. The predicted octanol–water partition coefficient (Wildman–Crippen LogP) is 3.22. The molecule has 0 radical (unpaired) electrons. The molecule has 0 heterocycles. The molecular weight excluding hydrogens is 408 g/mol. The van der Waals surface area contributed by atoms with Crippen LogP contribution in [-0.2, 0) is 14.6 Å². The van der Waals surface area contributed by atoms with Gasteiger partial charge < -0.3 is 15.4 Å². The zero-order valence-corrected chi connectivity index (χ0v) is 16.5. The average Bonchev–Trinajstić information content (AvgIpc) is 2.51. The van der Waals surface area contributed by atoms with E-state index < -0.39 is 9.84 Å². The molecular formula is C17H19BrN2O4S. The van der Waals surface area contributed by atoms with Crippen molar-refractivity contribution < 1.29 is 17.9 Å². The van der Waals surface area contributed by atoms with E-state index in [-0.39, 0.29) is 23.1 Å². The third-order valence-electron chi connectivity index (χ3n) is 3.35. The summed E-state index contributed by atoms with van der Waals surface area (Å²) < 4.78 is 30.0. The number of anilines is 2. The van der Waals surface area contributed by atoms with Crippen molar-refractivity contribution in [3.8, 4) is 5.75 Å². The SMILES string of the molecule is COc1c(NCC(=O)Nc2cccc(Br)c2)cc(C)cc1S(C)(=O)=O. The van der Waals surface area contributed by atoms with E-state index in [1.807, 2.05) is 12.1 Å². The van der Waals surface area contributed by atoms with Crippen molar-refractivity contribution in [3.05, 3.63) is 46.4 Å². The fourth-order valence-electron chi connectivity index (χ4n) is 2.30. The third kappa shape index (κ3) is 5.20. The second kappa shape index (κ2) is 7.88. The van der Waals surface area contributed by atoms with Crippen molar-refractivity contribution in [3.63, 3.8) is 0 Å². The zero-order chi connectivity index (χ0) is 18.6. The molecule has 1 amide bonds. The Labute approximate surface area is 155 Å². The number of ether oxygens (including phenoxy) is 1. The Kier molecular flexibility index (Phi) is 6.07. The lowest BCUT2D eigenvalue weighted by Crippen LogP contribution is -2.22. The van der Waals surface area contributed by atoms with E-state index in [1.54, 1.807) is 31.2 Å². The third-order valence-corrected chi connectivity index (χ3v) is 4.95. The van der Waals surface area contributed by atoms with Gasteiger partial charge in [-0.3, -0.25) is 4.79 Å². The summed E-state index contributed by atoms with van der Waals surface area (Å²) in [5.74, 6) is -0.0640. The molecule has 2 aromatic carbocycles. The molecule has 0 unspecified atom stereocenters. The highest BCUT2D eigenvalue weighted by Gasteiger charge is 2.19. The van der Waals surface area contributed by atoms with Crippen LogP contribution >= 0.6 is 15.9 Å². The number of halogens is 1. The maximum Gasteiger partial charge on any atom is 0.243 e. The van der Waals surface area contributed by atoms with Crippen LogP contribution in [0.3, 0.4) is 0 Å². The number of nitrogens with one attached hydrogen (secondary N) is 2. The molecule has 0 aliphatic rings. The number of hydrogen-bond acceptors (Lipinski definition) is 5. The highest BCUT2D eigenvalue weighted by Crippen LogP contribution is 2.33. The first-order valence-electron chi connectivity index (χ1n) is 7.38. The minimum Gasteiger partial charge on any atom is -0.493 e. The number of sulfone groups is 1. The van der Waals surface area contributed by atoms with Crippen LogP contribution < -0.4 is 15.4 Å². The highest BCUT2D eigenvalue weighted by atomic mass is 79.9. The molecule has 0 aromatic heterocycles. The van der Waals surface area contributed by atoms with E-state index in [2.05, 4.69) is 26.6 Å². The molecule has 2 aromatic rings. The molecule has 0 spiro atoms. The topological polar surface area (TPSA) is 84.5 Å². The molecule has 0 saturated heterocycles. The quantitative estimate of drug-likeness (QED) is 0.740. The second-order valence-corrected chi connectivity index (χ2v) is 8.43. The van der Waals surface area contributed by atoms with Gasteiger partial charge in [0.1, 0.15) is 4.90 Å². The summed E-state index contributed by atoms with van der Waals surface area (Å²) in [6.45, 7) is 1.75. The minimum atomic E-state index is -3.45. The molecule has 25 heavy (non-hydrogen) atoms. The van der Waals surface area contributed by atoms with Gasteiger partial charge in [-0.2, -0.15) is 0 Å². The fourth-order valence-corrected chi connectivity index (χ4v) is 3.63. The molecule has 6 nitrogen and oxygen atoms in total. The number of aryl methyl sites for hydroxylation is 1. The van der Waals surface area contributed by atoms with Crippen LogP contribution in [0.5, 0.6) is 5.75 Å². The number of carbonyl (C=O) groups excluding carboxylic acids is 1. The average molecular weight is 427 g/mol. The van der Waals surface area contributed by atoms with Crippen molar-refractivity contribution in [2.75, 3.05) is 30.5 Å². The lowest BCUT2D eigenvalue weighted by Gasteiger charge is -2.15. The largest absolute Gasteiger partial charge is 0.493 e. The Bertz CT molecular complexity index is 898. The summed E-state index contributed by atoms with van der Waals surface area (Å²) in [4.78, 5) is 12.2. The van der Waals surface area contributed by atoms with E-state index in [0.29, 0.717) is 11.4 Å². The van der Waals surface area contributed by atoms with Gasteiger partial charge in [-0.05, 0) is 42.8 Å². The molecule has 0 fully saturated rings. The zero-order valence-electron chi connectivity index (χ0n) is 14.1. The first-order chi connectivity index (χ1) is 11.7. The van der Waals surface area contributed by atoms with Gasteiger partial charge in [0, 0.05) is 16.4 Å². The molecule has 0 bridgehead atoms. The molecule has 2 N–H and O–H groups in total. The minimum absolute atomic E-state index is 0.0322. The Morgan fingerprint density at radius 3 is 2.56 bits per heavy atom. The molecule has 0 saturated carbocycles. The smallest absolute Gasteiger partial charge is 0.243 e.